The minimum Gasteiger partial charge on any atom is -0.309 e. The highest BCUT2D eigenvalue weighted by Gasteiger charge is 2.54. The first-order valence-corrected chi connectivity index (χ1v) is 9.00. The van der Waals surface area contributed by atoms with Crippen molar-refractivity contribution in [2.75, 3.05) is 31.5 Å². The first kappa shape index (κ1) is 16.2. The Bertz CT molecular complexity index is 707. The van der Waals surface area contributed by atoms with Crippen LogP contribution in [0.15, 0.2) is 54.7 Å². The lowest BCUT2D eigenvalue weighted by Crippen LogP contribution is -2.55. The van der Waals surface area contributed by atoms with E-state index in [1.54, 1.807) is 6.20 Å². The van der Waals surface area contributed by atoms with Crippen molar-refractivity contribution in [1.29, 1.82) is 0 Å². The Morgan fingerprint density at radius 3 is 2.36 bits per heavy atom. The summed E-state index contributed by atoms with van der Waals surface area (Å²) in [7, 11) is 0. The van der Waals surface area contributed by atoms with E-state index >= 15 is 0 Å². The van der Waals surface area contributed by atoms with Gasteiger partial charge in [-0.1, -0.05) is 36.4 Å². The monoisotopic (exact) mass is 336 g/mol. The predicted octanol–water partition coefficient (Wildman–Crippen LogP) is 2.37. The van der Waals surface area contributed by atoms with E-state index in [2.05, 4.69) is 50.4 Å². The molecule has 1 aliphatic carbocycles. The second-order valence-electron chi connectivity index (χ2n) is 6.95. The van der Waals surface area contributed by atoms with Gasteiger partial charge in [0, 0.05) is 38.9 Å². The molecule has 1 N–H and O–H groups in total. The van der Waals surface area contributed by atoms with E-state index < -0.39 is 0 Å². The standard InChI is InChI=1S/C20H24N4O/c25-19(22-18-8-4-5-11-21-18)20(9-10-20)24-14-12-23(13-15-24)16-17-6-2-1-3-7-17/h1-8,11H,9-10,12-16H2,(H,21,22,25). The Hall–Kier alpha value is -2.24. The van der Waals surface area contributed by atoms with E-state index in [1.807, 2.05) is 18.2 Å². The van der Waals surface area contributed by atoms with Crippen molar-refractivity contribution in [3.05, 3.63) is 60.3 Å². The quantitative estimate of drug-likeness (QED) is 0.911. The van der Waals surface area contributed by atoms with Crippen molar-refractivity contribution >= 4 is 11.7 Å². The molecule has 2 aromatic rings. The van der Waals surface area contributed by atoms with Crippen molar-refractivity contribution in [2.45, 2.75) is 24.9 Å². The van der Waals surface area contributed by atoms with Crippen LogP contribution < -0.4 is 5.32 Å². The number of hydrogen-bond donors (Lipinski definition) is 1. The van der Waals surface area contributed by atoms with Gasteiger partial charge in [-0.05, 0) is 30.5 Å². The van der Waals surface area contributed by atoms with Crippen molar-refractivity contribution in [1.82, 2.24) is 14.8 Å². The normalized spacial score (nSPS) is 20.2. The Balaban J connectivity index is 1.33. The SMILES string of the molecule is O=C(Nc1ccccn1)C1(N2CCN(Cc3ccccc3)CC2)CC1. The number of carbonyl (C=O) groups excluding carboxylic acids is 1. The highest BCUT2D eigenvalue weighted by molar-refractivity contribution is 5.99. The molecule has 2 heterocycles. The van der Waals surface area contributed by atoms with Gasteiger partial charge in [-0.25, -0.2) is 4.98 Å². The Morgan fingerprint density at radius 1 is 1.00 bits per heavy atom. The Kier molecular flexibility index (Phi) is 4.51. The van der Waals surface area contributed by atoms with Crippen molar-refractivity contribution in [3.8, 4) is 0 Å². The zero-order valence-electron chi connectivity index (χ0n) is 14.4. The van der Waals surface area contributed by atoms with Crippen LogP contribution in [-0.4, -0.2) is 52.4 Å². The molecule has 1 aromatic carbocycles. The van der Waals surface area contributed by atoms with Gasteiger partial charge in [-0.15, -0.1) is 0 Å². The van der Waals surface area contributed by atoms with Crippen LogP contribution in [-0.2, 0) is 11.3 Å². The number of anilines is 1. The second-order valence-corrected chi connectivity index (χ2v) is 6.95. The van der Waals surface area contributed by atoms with Crippen molar-refractivity contribution in [3.63, 3.8) is 0 Å². The highest BCUT2D eigenvalue weighted by Crippen LogP contribution is 2.43. The van der Waals surface area contributed by atoms with Gasteiger partial charge in [0.2, 0.25) is 5.91 Å². The third kappa shape index (κ3) is 3.57. The lowest BCUT2D eigenvalue weighted by molar-refractivity contribution is -0.123. The van der Waals surface area contributed by atoms with E-state index in [1.165, 1.54) is 5.56 Å². The van der Waals surface area contributed by atoms with Gasteiger partial charge in [-0.3, -0.25) is 14.6 Å². The van der Waals surface area contributed by atoms with E-state index in [0.717, 1.165) is 45.6 Å². The number of pyridine rings is 1. The van der Waals surface area contributed by atoms with Gasteiger partial charge >= 0.3 is 0 Å². The molecule has 1 aliphatic heterocycles. The lowest BCUT2D eigenvalue weighted by Gasteiger charge is -2.39. The van der Waals surface area contributed by atoms with Crippen LogP contribution in [0.1, 0.15) is 18.4 Å². The van der Waals surface area contributed by atoms with Gasteiger partial charge in [0.15, 0.2) is 0 Å². The summed E-state index contributed by atoms with van der Waals surface area (Å²) in [6, 6.07) is 16.2. The fourth-order valence-corrected chi connectivity index (χ4v) is 3.65. The summed E-state index contributed by atoms with van der Waals surface area (Å²) in [5, 5.41) is 2.99. The van der Waals surface area contributed by atoms with E-state index in [-0.39, 0.29) is 11.4 Å². The molecule has 0 atom stereocenters. The third-order valence-electron chi connectivity index (χ3n) is 5.28. The molecule has 130 valence electrons. The number of nitrogens with one attached hydrogen (secondary N) is 1. The highest BCUT2D eigenvalue weighted by atomic mass is 16.2. The van der Waals surface area contributed by atoms with Crippen LogP contribution in [0.25, 0.3) is 0 Å². The number of amides is 1. The molecule has 5 heteroatoms. The van der Waals surface area contributed by atoms with Crippen LogP contribution in [0.2, 0.25) is 0 Å². The van der Waals surface area contributed by atoms with Crippen LogP contribution in [0.4, 0.5) is 5.82 Å². The average Bonchev–Trinajstić information content (AvgIpc) is 3.46. The van der Waals surface area contributed by atoms with Gasteiger partial charge < -0.3 is 5.32 Å². The van der Waals surface area contributed by atoms with E-state index in [0.29, 0.717) is 5.82 Å². The minimum absolute atomic E-state index is 0.0997. The molecule has 0 radical (unpaired) electrons. The third-order valence-corrected chi connectivity index (χ3v) is 5.28. The molecule has 1 saturated heterocycles. The van der Waals surface area contributed by atoms with E-state index in [4.69, 9.17) is 0 Å². The van der Waals surface area contributed by atoms with Crippen LogP contribution in [0.3, 0.4) is 0 Å². The molecule has 2 fully saturated rings. The number of rotatable bonds is 5. The maximum Gasteiger partial charge on any atom is 0.246 e. The summed E-state index contributed by atoms with van der Waals surface area (Å²) in [4.78, 5) is 21.8. The molecule has 4 rings (SSSR count). The molecule has 2 aliphatic rings. The fraction of sp³-hybridized carbons (Fsp3) is 0.400. The molecule has 0 bridgehead atoms. The van der Waals surface area contributed by atoms with E-state index in [9.17, 15) is 4.79 Å². The van der Waals surface area contributed by atoms with Crippen molar-refractivity contribution < 1.29 is 4.79 Å². The molecular formula is C20H24N4O. The maximum atomic E-state index is 12.8. The molecule has 1 saturated carbocycles. The van der Waals surface area contributed by atoms with Crippen LogP contribution in [0, 0.1) is 0 Å². The number of benzene rings is 1. The molecule has 25 heavy (non-hydrogen) atoms. The van der Waals surface area contributed by atoms with Crippen molar-refractivity contribution in [2.24, 2.45) is 0 Å². The zero-order valence-corrected chi connectivity index (χ0v) is 14.4. The van der Waals surface area contributed by atoms with Gasteiger partial charge in [0.05, 0.1) is 0 Å². The minimum atomic E-state index is -0.309. The average molecular weight is 336 g/mol. The summed E-state index contributed by atoms with van der Waals surface area (Å²) < 4.78 is 0. The molecule has 0 spiro atoms. The largest absolute Gasteiger partial charge is 0.309 e. The zero-order chi connectivity index (χ0) is 17.1. The molecule has 1 amide bonds. The first-order valence-electron chi connectivity index (χ1n) is 9.00. The maximum absolute atomic E-state index is 12.8. The molecule has 1 aromatic heterocycles. The number of carbonyl (C=O) groups is 1. The summed E-state index contributed by atoms with van der Waals surface area (Å²) in [5.74, 6) is 0.740. The number of piperazine rings is 1. The van der Waals surface area contributed by atoms with Gasteiger partial charge in [0.25, 0.3) is 0 Å². The van der Waals surface area contributed by atoms with Crippen LogP contribution in [0.5, 0.6) is 0 Å². The van der Waals surface area contributed by atoms with Gasteiger partial charge in [0.1, 0.15) is 11.4 Å². The topological polar surface area (TPSA) is 48.5 Å². The van der Waals surface area contributed by atoms with Crippen LogP contribution >= 0.6 is 0 Å². The molecule has 0 unspecified atom stereocenters. The summed E-state index contributed by atoms with van der Waals surface area (Å²) in [5.41, 5.74) is 1.04. The van der Waals surface area contributed by atoms with Gasteiger partial charge in [-0.2, -0.15) is 0 Å². The lowest BCUT2D eigenvalue weighted by atomic mass is 10.1. The Morgan fingerprint density at radius 2 is 1.72 bits per heavy atom. The smallest absolute Gasteiger partial charge is 0.246 e. The summed E-state index contributed by atoms with van der Waals surface area (Å²) >= 11 is 0. The Labute approximate surface area is 148 Å². The number of hydrogen-bond acceptors (Lipinski definition) is 4. The molecule has 5 nitrogen and oxygen atoms in total. The summed E-state index contributed by atoms with van der Waals surface area (Å²) in [6.45, 7) is 4.90. The number of aromatic nitrogens is 1. The predicted molar refractivity (Wildman–Crippen MR) is 98.1 cm³/mol. The second kappa shape index (κ2) is 6.94. The number of nitrogens with zero attached hydrogens (tertiary/aromatic N) is 3. The first-order chi connectivity index (χ1) is 12.3. The summed E-state index contributed by atoms with van der Waals surface area (Å²) in [6.07, 6.45) is 3.60. The molecular weight excluding hydrogens is 312 g/mol. The fourth-order valence-electron chi connectivity index (χ4n) is 3.65.